The molecular formula is C18H22FN3O3S. The topological polar surface area (TPSA) is 70.7 Å². The molecule has 0 atom stereocenters. The van der Waals surface area contributed by atoms with Crippen LogP contribution >= 0.6 is 0 Å². The Labute approximate surface area is 153 Å². The van der Waals surface area contributed by atoms with Gasteiger partial charge in [-0.2, -0.15) is 0 Å². The van der Waals surface area contributed by atoms with Gasteiger partial charge in [-0.3, -0.25) is 4.72 Å². The number of nitrogens with zero attached hydrogens (tertiary/aromatic N) is 1. The van der Waals surface area contributed by atoms with E-state index in [4.69, 9.17) is 4.74 Å². The van der Waals surface area contributed by atoms with Crippen molar-refractivity contribution in [3.8, 4) is 5.75 Å². The maximum atomic E-state index is 15.0. The molecule has 0 amide bonds. The predicted octanol–water partition coefficient (Wildman–Crippen LogP) is 3.45. The van der Waals surface area contributed by atoms with Gasteiger partial charge in [-0.15, -0.1) is 0 Å². The van der Waals surface area contributed by atoms with Crippen LogP contribution in [0.3, 0.4) is 0 Å². The van der Waals surface area contributed by atoms with Crippen LogP contribution in [-0.2, 0) is 10.0 Å². The number of sulfonamides is 1. The lowest BCUT2D eigenvalue weighted by molar-refractivity contribution is 0.270. The highest BCUT2D eigenvalue weighted by Crippen LogP contribution is 2.34. The molecule has 26 heavy (non-hydrogen) atoms. The number of halogens is 1. The number of anilines is 2. The van der Waals surface area contributed by atoms with E-state index in [0.717, 1.165) is 32.4 Å². The number of rotatable bonds is 6. The monoisotopic (exact) mass is 379 g/mol. The normalized spacial score (nSPS) is 15.5. The Morgan fingerprint density at radius 1 is 1.04 bits per heavy atom. The van der Waals surface area contributed by atoms with Gasteiger partial charge in [0.2, 0.25) is 0 Å². The third-order valence-electron chi connectivity index (χ3n) is 4.25. The summed E-state index contributed by atoms with van der Waals surface area (Å²) in [5, 5.41) is 1.92. The molecule has 1 saturated heterocycles. The van der Waals surface area contributed by atoms with Crippen LogP contribution in [0.15, 0.2) is 47.4 Å². The molecule has 1 heterocycles. The third kappa shape index (κ3) is 4.08. The van der Waals surface area contributed by atoms with Gasteiger partial charge in [0.15, 0.2) is 5.82 Å². The molecule has 0 saturated carbocycles. The Morgan fingerprint density at radius 2 is 1.73 bits per heavy atom. The van der Waals surface area contributed by atoms with Gasteiger partial charge in [0, 0.05) is 13.1 Å². The second-order valence-corrected chi connectivity index (χ2v) is 7.76. The molecule has 140 valence electrons. The summed E-state index contributed by atoms with van der Waals surface area (Å²) < 4.78 is 47.5. The fourth-order valence-electron chi connectivity index (χ4n) is 2.88. The van der Waals surface area contributed by atoms with Gasteiger partial charge in [0.25, 0.3) is 10.0 Å². The van der Waals surface area contributed by atoms with Crippen LogP contribution in [0.4, 0.5) is 15.8 Å². The molecule has 0 bridgehead atoms. The molecule has 1 fully saturated rings. The van der Waals surface area contributed by atoms with Gasteiger partial charge in [0.1, 0.15) is 11.4 Å². The fraction of sp³-hybridized carbons (Fsp3) is 0.333. The van der Waals surface area contributed by atoms with Crippen LogP contribution in [0.5, 0.6) is 5.75 Å². The lowest BCUT2D eigenvalue weighted by Crippen LogP contribution is -2.35. The van der Waals surface area contributed by atoms with Crippen molar-refractivity contribution < 1.29 is 17.5 Å². The quantitative estimate of drug-likeness (QED) is 0.804. The lowest BCUT2D eigenvalue weighted by Gasteiger charge is -2.29. The average Bonchev–Trinajstić information content (AvgIpc) is 2.66. The molecule has 6 nitrogen and oxygen atoms in total. The molecule has 2 aromatic rings. The number of piperidine rings is 1. The molecule has 2 aromatic carbocycles. The van der Waals surface area contributed by atoms with Gasteiger partial charge >= 0.3 is 0 Å². The summed E-state index contributed by atoms with van der Waals surface area (Å²) in [5.74, 6) is -0.384. The van der Waals surface area contributed by atoms with Crippen molar-refractivity contribution >= 4 is 21.4 Å². The van der Waals surface area contributed by atoms with Crippen molar-refractivity contribution in [2.24, 2.45) is 0 Å². The maximum absolute atomic E-state index is 15.0. The minimum absolute atomic E-state index is 0.0701. The molecule has 0 spiro atoms. The first-order chi connectivity index (χ1) is 12.5. The number of benzene rings is 2. The Balaban J connectivity index is 1.89. The molecule has 0 aliphatic carbocycles. The van der Waals surface area contributed by atoms with E-state index in [0.29, 0.717) is 5.75 Å². The molecule has 1 aliphatic heterocycles. The largest absolute Gasteiger partial charge is 0.494 e. The van der Waals surface area contributed by atoms with E-state index in [2.05, 4.69) is 10.1 Å². The van der Waals surface area contributed by atoms with E-state index in [-0.39, 0.29) is 16.3 Å². The smallest absolute Gasteiger partial charge is 0.261 e. The van der Waals surface area contributed by atoms with E-state index in [1.54, 1.807) is 18.2 Å². The first-order valence-corrected chi connectivity index (χ1v) is 9.95. The third-order valence-corrected chi connectivity index (χ3v) is 5.63. The number of ether oxygens (including phenoxy) is 1. The highest BCUT2D eigenvalue weighted by atomic mass is 32.2. The number of hydrogen-bond acceptors (Lipinski definition) is 5. The number of nitrogens with one attached hydrogen (secondary N) is 2. The summed E-state index contributed by atoms with van der Waals surface area (Å²) in [4.78, 5) is 0.0701. The summed E-state index contributed by atoms with van der Waals surface area (Å²) >= 11 is 0. The lowest BCUT2D eigenvalue weighted by atomic mass is 10.2. The van der Waals surface area contributed by atoms with Gasteiger partial charge in [-0.05, 0) is 37.1 Å². The molecule has 2 N–H and O–H groups in total. The maximum Gasteiger partial charge on any atom is 0.261 e. The highest BCUT2D eigenvalue weighted by molar-refractivity contribution is 7.92. The molecule has 8 heteroatoms. The first kappa shape index (κ1) is 18.5. The Kier molecular flexibility index (Phi) is 5.63. The second-order valence-electron chi connectivity index (χ2n) is 6.08. The van der Waals surface area contributed by atoms with Gasteiger partial charge in [-0.1, -0.05) is 24.6 Å². The van der Waals surface area contributed by atoms with Crippen LogP contribution in [0.25, 0.3) is 0 Å². The summed E-state index contributed by atoms with van der Waals surface area (Å²) in [6.07, 6.45) is 3.20. The Bertz CT molecular complexity index is 853. The van der Waals surface area contributed by atoms with Crippen molar-refractivity contribution in [1.29, 1.82) is 0 Å². The summed E-state index contributed by atoms with van der Waals surface area (Å²) in [5.41, 5.74) is 3.03. The van der Waals surface area contributed by atoms with Crippen LogP contribution in [-0.4, -0.2) is 33.6 Å². The zero-order chi connectivity index (χ0) is 18.6. The van der Waals surface area contributed by atoms with Crippen molar-refractivity contribution in [2.45, 2.75) is 24.2 Å². The van der Waals surface area contributed by atoms with E-state index in [9.17, 15) is 8.42 Å². The van der Waals surface area contributed by atoms with Crippen LogP contribution in [0.1, 0.15) is 19.3 Å². The van der Waals surface area contributed by atoms with E-state index in [1.807, 2.05) is 5.01 Å². The van der Waals surface area contributed by atoms with Crippen LogP contribution in [0, 0.1) is 5.82 Å². The Morgan fingerprint density at radius 3 is 2.38 bits per heavy atom. The minimum Gasteiger partial charge on any atom is -0.494 e. The van der Waals surface area contributed by atoms with Crippen molar-refractivity contribution in [3.63, 3.8) is 0 Å². The van der Waals surface area contributed by atoms with Crippen molar-refractivity contribution in [1.82, 2.24) is 5.01 Å². The van der Waals surface area contributed by atoms with E-state index in [1.165, 1.54) is 31.4 Å². The van der Waals surface area contributed by atoms with E-state index >= 15 is 4.39 Å². The van der Waals surface area contributed by atoms with E-state index < -0.39 is 15.8 Å². The standard InChI is InChI=1S/C18H22FN3O3S/c1-25-16-11-10-15(21-26(23,24)14-8-4-2-5-9-14)17(19)18(16)20-22-12-6-3-7-13-22/h2,4-5,8-11,20-21H,3,6-7,12-13H2,1H3. The minimum atomic E-state index is -3.88. The van der Waals surface area contributed by atoms with Gasteiger partial charge < -0.3 is 10.2 Å². The summed E-state index contributed by atoms with van der Waals surface area (Å²) in [6, 6.07) is 10.7. The van der Waals surface area contributed by atoms with Gasteiger partial charge in [0.05, 0.1) is 17.7 Å². The summed E-state index contributed by atoms with van der Waals surface area (Å²) in [7, 11) is -2.43. The highest BCUT2D eigenvalue weighted by Gasteiger charge is 2.22. The first-order valence-electron chi connectivity index (χ1n) is 8.47. The molecule has 1 aliphatic rings. The molecule has 3 rings (SSSR count). The van der Waals surface area contributed by atoms with Crippen LogP contribution in [0.2, 0.25) is 0 Å². The zero-order valence-corrected chi connectivity index (χ0v) is 15.4. The molecular weight excluding hydrogens is 357 g/mol. The predicted molar refractivity (Wildman–Crippen MR) is 99.2 cm³/mol. The SMILES string of the molecule is COc1ccc(NS(=O)(=O)c2ccccc2)c(F)c1NN1CCCCC1. The number of hydrogen-bond donors (Lipinski definition) is 2. The fourth-order valence-corrected chi connectivity index (χ4v) is 3.96. The van der Waals surface area contributed by atoms with Crippen molar-refractivity contribution in [3.05, 3.63) is 48.3 Å². The van der Waals surface area contributed by atoms with Crippen molar-refractivity contribution in [2.75, 3.05) is 30.3 Å². The average molecular weight is 379 g/mol. The molecule has 0 radical (unpaired) electrons. The Hall–Kier alpha value is -2.32. The number of hydrazine groups is 1. The van der Waals surface area contributed by atoms with Gasteiger partial charge in [-0.25, -0.2) is 17.8 Å². The van der Waals surface area contributed by atoms with Crippen LogP contribution < -0.4 is 14.9 Å². The molecule has 0 unspecified atom stereocenters. The molecule has 0 aromatic heterocycles. The summed E-state index contributed by atoms with van der Waals surface area (Å²) in [6.45, 7) is 1.59. The zero-order valence-electron chi connectivity index (χ0n) is 14.5. The number of methoxy groups -OCH3 is 1. The second kappa shape index (κ2) is 7.92.